The van der Waals surface area contributed by atoms with Crippen LogP contribution in [0.5, 0.6) is 0 Å². The van der Waals surface area contributed by atoms with Gasteiger partial charge in [-0.15, -0.1) is 0 Å². The molecule has 2 aliphatic heterocycles. The number of piperidine rings is 1. The predicted octanol–water partition coefficient (Wildman–Crippen LogP) is 3.44. The molecule has 2 heterocycles. The molecule has 2 aliphatic rings. The van der Waals surface area contributed by atoms with Crippen LogP contribution in [0.3, 0.4) is 0 Å². The van der Waals surface area contributed by atoms with Crippen LogP contribution in [0.15, 0.2) is 0 Å². The highest BCUT2D eigenvalue weighted by Gasteiger charge is 2.48. The van der Waals surface area contributed by atoms with E-state index in [4.69, 9.17) is 0 Å². The molecule has 2 bridgehead atoms. The standard InChI is InChI=1S/C12H21F2N/c1-2-3-4-7-15-10-5-6-11(15)9-12(13,14)8-10/h10-11H,2-9H2,1H3/t10-,11+. The minimum absolute atomic E-state index is 0.107. The van der Waals surface area contributed by atoms with Crippen molar-refractivity contribution in [2.75, 3.05) is 6.54 Å². The van der Waals surface area contributed by atoms with E-state index < -0.39 is 5.92 Å². The highest BCUT2D eigenvalue weighted by Crippen LogP contribution is 2.43. The highest BCUT2D eigenvalue weighted by molar-refractivity contribution is 4.98. The van der Waals surface area contributed by atoms with Crippen LogP contribution in [-0.2, 0) is 0 Å². The van der Waals surface area contributed by atoms with Crippen molar-refractivity contribution in [1.29, 1.82) is 0 Å². The average Bonchev–Trinajstić information content (AvgIpc) is 2.42. The van der Waals surface area contributed by atoms with E-state index in [1.807, 2.05) is 0 Å². The van der Waals surface area contributed by atoms with Crippen molar-refractivity contribution in [3.05, 3.63) is 0 Å². The minimum atomic E-state index is -2.38. The molecule has 0 aromatic rings. The molecule has 0 N–H and O–H groups in total. The topological polar surface area (TPSA) is 3.24 Å². The second-order valence-corrected chi connectivity index (χ2v) is 5.09. The van der Waals surface area contributed by atoms with Crippen LogP contribution in [0.1, 0.15) is 51.9 Å². The molecule has 88 valence electrons. The first-order valence-corrected chi connectivity index (χ1v) is 6.26. The first kappa shape index (κ1) is 11.3. The summed E-state index contributed by atoms with van der Waals surface area (Å²) in [5.74, 6) is -2.38. The Kier molecular flexibility index (Phi) is 3.29. The van der Waals surface area contributed by atoms with Gasteiger partial charge >= 0.3 is 0 Å². The van der Waals surface area contributed by atoms with Gasteiger partial charge in [-0.1, -0.05) is 19.8 Å². The first-order chi connectivity index (χ1) is 7.12. The van der Waals surface area contributed by atoms with Crippen molar-refractivity contribution < 1.29 is 8.78 Å². The fourth-order valence-electron chi connectivity index (χ4n) is 3.14. The van der Waals surface area contributed by atoms with E-state index in [-0.39, 0.29) is 24.9 Å². The Morgan fingerprint density at radius 3 is 2.27 bits per heavy atom. The van der Waals surface area contributed by atoms with Crippen molar-refractivity contribution in [2.45, 2.75) is 69.9 Å². The van der Waals surface area contributed by atoms with Gasteiger partial charge in [-0.25, -0.2) is 8.78 Å². The number of nitrogens with zero attached hydrogens (tertiary/aromatic N) is 1. The molecule has 0 spiro atoms. The SMILES string of the molecule is CCCCCN1[C@@H]2CC[C@H]1CC(F)(F)C2. The fraction of sp³-hybridized carbons (Fsp3) is 1.00. The lowest BCUT2D eigenvalue weighted by Gasteiger charge is -2.38. The molecule has 2 rings (SSSR count). The van der Waals surface area contributed by atoms with Gasteiger partial charge in [0.25, 0.3) is 5.92 Å². The van der Waals surface area contributed by atoms with Gasteiger partial charge in [-0.05, 0) is 25.8 Å². The number of alkyl halides is 2. The minimum Gasteiger partial charge on any atom is -0.297 e. The monoisotopic (exact) mass is 217 g/mol. The zero-order valence-electron chi connectivity index (χ0n) is 9.51. The summed E-state index contributed by atoms with van der Waals surface area (Å²) in [6, 6.07) is 0.353. The van der Waals surface area contributed by atoms with E-state index in [0.717, 1.165) is 19.4 Å². The number of halogens is 2. The molecule has 0 radical (unpaired) electrons. The first-order valence-electron chi connectivity index (χ1n) is 6.26. The van der Waals surface area contributed by atoms with Gasteiger partial charge < -0.3 is 0 Å². The van der Waals surface area contributed by atoms with Crippen molar-refractivity contribution in [2.24, 2.45) is 0 Å². The zero-order valence-corrected chi connectivity index (χ0v) is 9.51. The van der Waals surface area contributed by atoms with Crippen molar-refractivity contribution >= 4 is 0 Å². The second kappa shape index (κ2) is 4.36. The molecule has 3 heteroatoms. The van der Waals surface area contributed by atoms with Crippen LogP contribution >= 0.6 is 0 Å². The Labute approximate surface area is 90.8 Å². The maximum absolute atomic E-state index is 13.3. The molecule has 0 unspecified atom stereocenters. The van der Waals surface area contributed by atoms with Gasteiger partial charge in [0.2, 0.25) is 0 Å². The number of rotatable bonds is 4. The molecular formula is C12H21F2N. The van der Waals surface area contributed by atoms with Crippen molar-refractivity contribution in [3.63, 3.8) is 0 Å². The smallest absolute Gasteiger partial charge is 0.251 e. The summed E-state index contributed by atoms with van der Waals surface area (Å²) in [6.07, 6.45) is 5.81. The molecule has 0 amide bonds. The third-order valence-corrected chi connectivity index (χ3v) is 3.86. The van der Waals surface area contributed by atoms with E-state index >= 15 is 0 Å². The summed E-state index contributed by atoms with van der Waals surface area (Å²) in [5, 5.41) is 0. The summed E-state index contributed by atoms with van der Waals surface area (Å²) in [5.41, 5.74) is 0. The number of unbranched alkanes of at least 4 members (excludes halogenated alkanes) is 2. The van der Waals surface area contributed by atoms with Gasteiger partial charge in [0.15, 0.2) is 0 Å². The van der Waals surface area contributed by atoms with E-state index in [9.17, 15) is 8.78 Å². The van der Waals surface area contributed by atoms with Gasteiger partial charge in [0.05, 0.1) is 0 Å². The van der Waals surface area contributed by atoms with Gasteiger partial charge in [-0.2, -0.15) is 0 Å². The van der Waals surface area contributed by atoms with Crippen LogP contribution in [0, 0.1) is 0 Å². The Balaban J connectivity index is 1.87. The molecule has 0 aromatic carbocycles. The lowest BCUT2D eigenvalue weighted by Crippen LogP contribution is -2.47. The molecule has 1 nitrogen and oxygen atoms in total. The summed E-state index contributed by atoms with van der Waals surface area (Å²) in [6.45, 7) is 3.22. The number of hydrogen-bond acceptors (Lipinski definition) is 1. The Bertz CT molecular complexity index is 202. The maximum Gasteiger partial charge on any atom is 0.251 e. The number of fused-ring (bicyclic) bond motifs is 2. The van der Waals surface area contributed by atoms with Gasteiger partial charge in [-0.3, -0.25) is 4.90 Å². The van der Waals surface area contributed by atoms with Crippen molar-refractivity contribution in [3.8, 4) is 0 Å². The van der Waals surface area contributed by atoms with E-state index in [2.05, 4.69) is 11.8 Å². The molecule has 2 fully saturated rings. The van der Waals surface area contributed by atoms with E-state index in [1.54, 1.807) is 0 Å². The molecule has 0 aromatic heterocycles. The molecule has 2 saturated heterocycles. The summed E-state index contributed by atoms with van der Waals surface area (Å²) >= 11 is 0. The summed E-state index contributed by atoms with van der Waals surface area (Å²) < 4.78 is 26.6. The van der Waals surface area contributed by atoms with Crippen LogP contribution in [0.2, 0.25) is 0 Å². The third-order valence-electron chi connectivity index (χ3n) is 3.86. The van der Waals surface area contributed by atoms with E-state index in [0.29, 0.717) is 0 Å². The second-order valence-electron chi connectivity index (χ2n) is 5.09. The molecule has 15 heavy (non-hydrogen) atoms. The quantitative estimate of drug-likeness (QED) is 0.652. The molecular weight excluding hydrogens is 196 g/mol. The van der Waals surface area contributed by atoms with Gasteiger partial charge in [0, 0.05) is 24.9 Å². The van der Waals surface area contributed by atoms with Crippen LogP contribution < -0.4 is 0 Å². The van der Waals surface area contributed by atoms with Crippen LogP contribution in [0.4, 0.5) is 8.78 Å². The Morgan fingerprint density at radius 2 is 1.73 bits per heavy atom. The lowest BCUT2D eigenvalue weighted by atomic mass is 9.98. The predicted molar refractivity (Wildman–Crippen MR) is 57.2 cm³/mol. The Hall–Kier alpha value is -0.180. The largest absolute Gasteiger partial charge is 0.297 e. The molecule has 0 saturated carbocycles. The lowest BCUT2D eigenvalue weighted by molar-refractivity contribution is -0.0827. The summed E-state index contributed by atoms with van der Waals surface area (Å²) in [4.78, 5) is 2.35. The van der Waals surface area contributed by atoms with Gasteiger partial charge in [0.1, 0.15) is 0 Å². The number of hydrogen-bond donors (Lipinski definition) is 0. The normalized spacial score (nSPS) is 34.6. The zero-order chi connectivity index (χ0) is 10.9. The maximum atomic E-state index is 13.3. The van der Waals surface area contributed by atoms with Crippen LogP contribution in [0.25, 0.3) is 0 Å². The Morgan fingerprint density at radius 1 is 1.13 bits per heavy atom. The summed E-state index contributed by atoms with van der Waals surface area (Å²) in [7, 11) is 0. The van der Waals surface area contributed by atoms with Crippen LogP contribution in [-0.4, -0.2) is 29.5 Å². The molecule has 0 aliphatic carbocycles. The molecule has 2 atom stereocenters. The van der Waals surface area contributed by atoms with Crippen molar-refractivity contribution in [1.82, 2.24) is 4.90 Å². The van der Waals surface area contributed by atoms with E-state index in [1.165, 1.54) is 19.3 Å². The fourth-order valence-corrected chi connectivity index (χ4v) is 3.14. The highest BCUT2D eigenvalue weighted by atomic mass is 19.3. The average molecular weight is 217 g/mol. The third kappa shape index (κ3) is 2.49.